The van der Waals surface area contributed by atoms with Crippen molar-refractivity contribution in [2.24, 2.45) is 0 Å². The minimum absolute atomic E-state index is 0.0612. The summed E-state index contributed by atoms with van der Waals surface area (Å²) in [6.07, 6.45) is 1.35. The fourth-order valence-electron chi connectivity index (χ4n) is 3.85. The Bertz CT molecular complexity index is 1210. The summed E-state index contributed by atoms with van der Waals surface area (Å²) in [7, 11) is 1.25. The lowest BCUT2D eigenvalue weighted by Crippen LogP contribution is -2.35. The quantitative estimate of drug-likeness (QED) is 0.0997. The lowest BCUT2D eigenvalue weighted by atomic mass is 9.80. The van der Waals surface area contributed by atoms with E-state index in [0.717, 1.165) is 0 Å². The van der Waals surface area contributed by atoms with Gasteiger partial charge in [0.1, 0.15) is 13.2 Å². The molecule has 0 aromatic heterocycles. The Morgan fingerprint density at radius 3 is 2.38 bits per heavy atom. The van der Waals surface area contributed by atoms with Gasteiger partial charge in [-0.05, 0) is 44.6 Å². The van der Waals surface area contributed by atoms with Crippen molar-refractivity contribution in [3.63, 3.8) is 0 Å². The molecule has 1 aliphatic heterocycles. The number of amides is 1. The Morgan fingerprint density at radius 2 is 1.74 bits per heavy atom. The maximum atomic E-state index is 13.2. The molecule has 230 valence electrons. The number of nitrogens with one attached hydrogen (secondary N) is 2. The van der Waals surface area contributed by atoms with Gasteiger partial charge in [-0.2, -0.15) is 0 Å². The molecular weight excluding hydrogens is 595 g/mol. The number of alkyl carbamates (subject to hydrolysis) is 1. The third-order valence-electron chi connectivity index (χ3n) is 5.56. The van der Waals surface area contributed by atoms with Gasteiger partial charge >= 0.3 is 24.2 Å². The van der Waals surface area contributed by atoms with E-state index < -0.39 is 35.7 Å². The van der Waals surface area contributed by atoms with E-state index in [1.165, 1.54) is 26.2 Å². The summed E-state index contributed by atoms with van der Waals surface area (Å²) in [6.45, 7) is 4.91. The first-order valence-corrected chi connectivity index (χ1v) is 13.7. The molecule has 0 aliphatic carbocycles. The highest BCUT2D eigenvalue weighted by Crippen LogP contribution is 2.41. The monoisotopic (exact) mass is 628 g/mol. The highest BCUT2D eigenvalue weighted by atomic mass is 35.5. The number of allylic oxidation sites excluding steroid dienone is 1. The number of carbonyl (C=O) groups is 4. The molecule has 0 radical (unpaired) electrons. The van der Waals surface area contributed by atoms with Gasteiger partial charge < -0.3 is 39.1 Å². The lowest BCUT2D eigenvalue weighted by molar-refractivity contribution is -0.139. The molecule has 2 N–H and O–H groups in total. The Labute approximate surface area is 253 Å². The predicted octanol–water partition coefficient (Wildman–Crippen LogP) is 4.33. The molecule has 14 heteroatoms. The van der Waals surface area contributed by atoms with Crippen LogP contribution in [0.4, 0.5) is 9.59 Å². The summed E-state index contributed by atoms with van der Waals surface area (Å²) in [5.74, 6) is -2.14. The minimum Gasteiger partial charge on any atom is -0.466 e. The van der Waals surface area contributed by atoms with Crippen molar-refractivity contribution in [1.29, 1.82) is 0 Å². The summed E-state index contributed by atoms with van der Waals surface area (Å²) in [5, 5.41) is 5.96. The van der Waals surface area contributed by atoms with Crippen LogP contribution in [-0.4, -0.2) is 76.4 Å². The Balaban J connectivity index is 2.00. The zero-order chi connectivity index (χ0) is 31.1. The zero-order valence-corrected chi connectivity index (χ0v) is 25.2. The van der Waals surface area contributed by atoms with Crippen molar-refractivity contribution in [2.45, 2.75) is 32.3 Å². The van der Waals surface area contributed by atoms with Crippen molar-refractivity contribution in [3.05, 3.63) is 69.5 Å². The number of alkyl halides is 1. The van der Waals surface area contributed by atoms with Gasteiger partial charge in [-0.1, -0.05) is 41.4 Å². The number of halogens is 2. The second-order valence-corrected chi connectivity index (χ2v) is 9.52. The second-order valence-electron chi connectivity index (χ2n) is 8.49. The van der Waals surface area contributed by atoms with E-state index in [1.807, 2.05) is 0 Å². The fourth-order valence-corrected chi connectivity index (χ4v) is 4.17. The zero-order valence-electron chi connectivity index (χ0n) is 23.7. The highest BCUT2D eigenvalue weighted by Gasteiger charge is 2.39. The van der Waals surface area contributed by atoms with Gasteiger partial charge in [-0.25, -0.2) is 19.2 Å². The number of esters is 2. The molecule has 0 spiro atoms. The van der Waals surface area contributed by atoms with Crippen LogP contribution < -0.4 is 10.6 Å². The summed E-state index contributed by atoms with van der Waals surface area (Å²) in [5.41, 5.74) is 0.929. The number of rotatable bonds is 14. The van der Waals surface area contributed by atoms with E-state index in [4.69, 9.17) is 46.9 Å². The molecule has 0 bridgehead atoms. The van der Waals surface area contributed by atoms with E-state index in [0.29, 0.717) is 22.0 Å². The first-order chi connectivity index (χ1) is 20.1. The summed E-state index contributed by atoms with van der Waals surface area (Å²) in [6, 6.07) is 6.88. The molecule has 2 unspecified atom stereocenters. The largest absolute Gasteiger partial charge is 0.510 e. The van der Waals surface area contributed by atoms with E-state index in [1.54, 1.807) is 38.1 Å². The van der Waals surface area contributed by atoms with Crippen LogP contribution in [0.1, 0.15) is 32.3 Å². The molecule has 1 aromatic carbocycles. The molecule has 1 aromatic rings. The molecule has 2 atom stereocenters. The van der Waals surface area contributed by atoms with Gasteiger partial charge in [0.05, 0.1) is 49.7 Å². The van der Waals surface area contributed by atoms with Crippen molar-refractivity contribution in [3.8, 4) is 0 Å². The molecular formula is C28H34Cl2N2O10. The number of hydrogen-bond donors (Lipinski definition) is 2. The van der Waals surface area contributed by atoms with Gasteiger partial charge in [0.15, 0.2) is 5.56 Å². The molecule has 2 rings (SSSR count). The van der Waals surface area contributed by atoms with Crippen LogP contribution in [0.15, 0.2) is 59.0 Å². The number of dihydropyridines is 1. The molecule has 0 saturated heterocycles. The van der Waals surface area contributed by atoms with Crippen LogP contribution in [-0.2, 0) is 38.0 Å². The predicted molar refractivity (Wildman–Crippen MR) is 153 cm³/mol. The Kier molecular flexibility index (Phi) is 14.7. The van der Waals surface area contributed by atoms with Gasteiger partial charge in [0.25, 0.3) is 0 Å². The average Bonchev–Trinajstić information content (AvgIpc) is 2.94. The molecule has 1 amide bonds. The number of carbonyl (C=O) groups excluding carboxylic acids is 4. The standard InChI is InChI=1S/C28H34Cl2N2O10/c1-5-39-26(34)24-21(32-17(2)22(25(33)37-4)23(24)19-10-6-7-11-20(19)30)16-38-15-12-31-27(35)40-13-8-9-14-41-28(36)42-18(3)29/h6-11,18,23,32H,5,12-16H2,1-4H3,(H,31,35). The Hall–Kier alpha value is -3.74. The van der Waals surface area contributed by atoms with Crippen LogP contribution in [0.5, 0.6) is 0 Å². The fraction of sp³-hybridized carbons (Fsp3) is 0.429. The molecule has 0 fully saturated rings. The third kappa shape index (κ3) is 10.6. The maximum absolute atomic E-state index is 13.2. The molecule has 12 nitrogen and oxygen atoms in total. The molecule has 42 heavy (non-hydrogen) atoms. The van der Waals surface area contributed by atoms with E-state index >= 15 is 0 Å². The lowest BCUT2D eigenvalue weighted by Gasteiger charge is -2.31. The maximum Gasteiger partial charge on any atom is 0.510 e. The van der Waals surface area contributed by atoms with Crippen LogP contribution in [0.2, 0.25) is 5.02 Å². The smallest absolute Gasteiger partial charge is 0.466 e. The number of methoxy groups -OCH3 is 1. The highest BCUT2D eigenvalue weighted by molar-refractivity contribution is 6.31. The van der Waals surface area contributed by atoms with Gasteiger partial charge in [0, 0.05) is 17.3 Å². The summed E-state index contributed by atoms with van der Waals surface area (Å²) in [4.78, 5) is 49.1. The molecule has 1 aliphatic rings. The van der Waals surface area contributed by atoms with E-state index in [9.17, 15) is 19.2 Å². The second kappa shape index (κ2) is 17.9. The van der Waals surface area contributed by atoms with E-state index in [-0.39, 0.29) is 50.7 Å². The van der Waals surface area contributed by atoms with Gasteiger partial charge in [-0.3, -0.25) is 0 Å². The van der Waals surface area contributed by atoms with Crippen LogP contribution in [0, 0.1) is 0 Å². The topological polar surface area (TPSA) is 148 Å². The first kappa shape index (κ1) is 34.5. The van der Waals surface area contributed by atoms with Crippen molar-refractivity contribution >= 4 is 47.4 Å². The number of hydrogen-bond acceptors (Lipinski definition) is 11. The number of benzene rings is 1. The average molecular weight is 629 g/mol. The normalized spacial score (nSPS) is 15.5. The SMILES string of the molecule is CCOC(=O)C1=C(COCCNC(=O)OCC=CCOC(=O)OC(C)Cl)NC(C)=C(C(=O)OC)C1c1ccccc1Cl. The third-order valence-corrected chi connectivity index (χ3v) is 5.99. The van der Waals surface area contributed by atoms with Crippen LogP contribution in [0.25, 0.3) is 0 Å². The minimum atomic E-state index is -0.913. The summed E-state index contributed by atoms with van der Waals surface area (Å²) >= 11 is 12.0. The van der Waals surface area contributed by atoms with Crippen molar-refractivity contribution < 1.29 is 47.6 Å². The Morgan fingerprint density at radius 1 is 1.05 bits per heavy atom. The van der Waals surface area contributed by atoms with Crippen molar-refractivity contribution in [1.82, 2.24) is 10.6 Å². The first-order valence-electron chi connectivity index (χ1n) is 12.9. The molecule has 1 heterocycles. The van der Waals surface area contributed by atoms with Gasteiger partial charge in [-0.15, -0.1) is 0 Å². The van der Waals surface area contributed by atoms with Crippen LogP contribution >= 0.6 is 23.2 Å². The van der Waals surface area contributed by atoms with Crippen molar-refractivity contribution in [2.75, 3.05) is 46.7 Å². The number of ether oxygens (including phenoxy) is 6. The summed E-state index contributed by atoms with van der Waals surface area (Å²) < 4.78 is 30.4. The van der Waals surface area contributed by atoms with E-state index in [2.05, 4.69) is 15.4 Å². The van der Waals surface area contributed by atoms with Gasteiger partial charge in [0.2, 0.25) is 0 Å². The van der Waals surface area contributed by atoms with Crippen LogP contribution in [0.3, 0.4) is 0 Å². The molecule has 0 saturated carbocycles.